The van der Waals surface area contributed by atoms with Gasteiger partial charge in [0.1, 0.15) is 5.52 Å². The largest absolute Gasteiger partial charge is 0.493 e. The van der Waals surface area contributed by atoms with Gasteiger partial charge in [-0.25, -0.2) is 9.48 Å². The maximum atomic E-state index is 12.7. The zero-order valence-electron chi connectivity index (χ0n) is 15.5. The molecule has 0 saturated carbocycles. The number of fused-ring (bicyclic) bond motifs is 2. The number of aromatic nitrogens is 3. The number of aryl methyl sites for hydroxylation is 1. The number of methoxy groups -OCH3 is 2. The first-order chi connectivity index (χ1) is 13.1. The first kappa shape index (κ1) is 17.1. The van der Waals surface area contributed by atoms with Crippen molar-refractivity contribution in [3.8, 4) is 11.5 Å². The fourth-order valence-corrected chi connectivity index (χ4v) is 3.38. The number of nitrogens with one attached hydrogen (secondary N) is 1. The van der Waals surface area contributed by atoms with Gasteiger partial charge in [-0.05, 0) is 47.9 Å². The molecule has 27 heavy (non-hydrogen) atoms. The van der Waals surface area contributed by atoms with Gasteiger partial charge in [-0.15, -0.1) is 5.10 Å². The molecule has 0 radical (unpaired) electrons. The van der Waals surface area contributed by atoms with Crippen LogP contribution in [0.3, 0.4) is 0 Å². The smallest absolute Gasteiger partial charge is 0.322 e. The maximum absolute atomic E-state index is 12.7. The molecule has 1 aromatic heterocycles. The van der Waals surface area contributed by atoms with Gasteiger partial charge in [-0.2, -0.15) is 0 Å². The minimum absolute atomic E-state index is 0.140. The van der Waals surface area contributed by atoms with Gasteiger partial charge in [0, 0.05) is 25.8 Å². The van der Waals surface area contributed by atoms with E-state index in [1.165, 1.54) is 5.56 Å². The van der Waals surface area contributed by atoms with Gasteiger partial charge in [0.15, 0.2) is 11.5 Å². The molecule has 0 spiro atoms. The van der Waals surface area contributed by atoms with E-state index in [0.29, 0.717) is 30.3 Å². The van der Waals surface area contributed by atoms with E-state index in [0.717, 1.165) is 23.0 Å². The summed E-state index contributed by atoms with van der Waals surface area (Å²) in [6.07, 6.45) is 0.770. The molecular formula is C19H21N5O3. The summed E-state index contributed by atoms with van der Waals surface area (Å²) in [5.74, 6) is 1.39. The van der Waals surface area contributed by atoms with Crippen molar-refractivity contribution in [3.63, 3.8) is 0 Å². The van der Waals surface area contributed by atoms with Gasteiger partial charge in [0.2, 0.25) is 0 Å². The van der Waals surface area contributed by atoms with E-state index in [9.17, 15) is 4.79 Å². The molecule has 0 aliphatic carbocycles. The Morgan fingerprint density at radius 3 is 2.59 bits per heavy atom. The normalized spacial score (nSPS) is 13.4. The van der Waals surface area contributed by atoms with Crippen LogP contribution in [0.1, 0.15) is 11.1 Å². The SMILES string of the molecule is COc1cc2c(cc1OC)CN(C(=O)Nc1ccc3c(c1)nnn3C)CC2. The number of urea groups is 1. The highest BCUT2D eigenvalue weighted by Crippen LogP contribution is 2.33. The lowest BCUT2D eigenvalue weighted by atomic mass is 9.99. The van der Waals surface area contributed by atoms with Crippen LogP contribution in [0, 0.1) is 0 Å². The standard InChI is InChI=1S/C19H21N5O3/c1-23-16-5-4-14(10-15(16)21-22-23)20-19(25)24-7-6-12-8-17(26-2)18(27-3)9-13(12)11-24/h4-5,8-10H,6-7,11H2,1-3H3,(H,20,25). The average molecular weight is 367 g/mol. The van der Waals surface area contributed by atoms with Crippen LogP contribution in [0.4, 0.5) is 10.5 Å². The molecule has 0 unspecified atom stereocenters. The molecule has 1 aliphatic heterocycles. The minimum Gasteiger partial charge on any atom is -0.493 e. The predicted octanol–water partition coefficient (Wildman–Crippen LogP) is 2.58. The quantitative estimate of drug-likeness (QED) is 0.769. The van der Waals surface area contributed by atoms with E-state index >= 15 is 0 Å². The number of carbonyl (C=O) groups excluding carboxylic acids is 1. The van der Waals surface area contributed by atoms with Crippen molar-refractivity contribution in [2.45, 2.75) is 13.0 Å². The lowest BCUT2D eigenvalue weighted by Crippen LogP contribution is -2.38. The van der Waals surface area contributed by atoms with Crippen molar-refractivity contribution < 1.29 is 14.3 Å². The summed E-state index contributed by atoms with van der Waals surface area (Å²) in [5, 5.41) is 11.0. The Kier molecular flexibility index (Phi) is 4.31. The van der Waals surface area contributed by atoms with Gasteiger partial charge >= 0.3 is 6.03 Å². The Labute approximate surface area is 156 Å². The molecule has 1 aliphatic rings. The number of benzene rings is 2. The fourth-order valence-electron chi connectivity index (χ4n) is 3.38. The van der Waals surface area contributed by atoms with Crippen molar-refractivity contribution in [2.24, 2.45) is 7.05 Å². The van der Waals surface area contributed by atoms with Crippen LogP contribution in [-0.4, -0.2) is 46.7 Å². The lowest BCUT2D eigenvalue weighted by Gasteiger charge is -2.29. The molecule has 0 bridgehead atoms. The first-order valence-corrected chi connectivity index (χ1v) is 8.68. The second-order valence-corrected chi connectivity index (χ2v) is 6.49. The van der Waals surface area contributed by atoms with E-state index in [2.05, 4.69) is 15.6 Å². The molecule has 1 N–H and O–H groups in total. The zero-order chi connectivity index (χ0) is 19.0. The summed E-state index contributed by atoms with van der Waals surface area (Å²) in [4.78, 5) is 14.5. The number of rotatable bonds is 3. The molecule has 0 saturated heterocycles. The number of hydrogen-bond acceptors (Lipinski definition) is 5. The van der Waals surface area contributed by atoms with Crippen molar-refractivity contribution in [1.29, 1.82) is 0 Å². The molecule has 0 atom stereocenters. The number of nitrogens with zero attached hydrogens (tertiary/aromatic N) is 4. The van der Waals surface area contributed by atoms with Crippen LogP contribution in [0.2, 0.25) is 0 Å². The second-order valence-electron chi connectivity index (χ2n) is 6.49. The average Bonchev–Trinajstić information content (AvgIpc) is 3.06. The van der Waals surface area contributed by atoms with Crippen LogP contribution < -0.4 is 14.8 Å². The van der Waals surface area contributed by atoms with E-state index in [1.807, 2.05) is 37.4 Å². The molecule has 3 aromatic rings. The van der Waals surface area contributed by atoms with Gasteiger partial charge in [-0.3, -0.25) is 0 Å². The highest BCUT2D eigenvalue weighted by atomic mass is 16.5. The monoisotopic (exact) mass is 367 g/mol. The van der Waals surface area contributed by atoms with Crippen LogP contribution in [0.5, 0.6) is 11.5 Å². The Hall–Kier alpha value is -3.29. The Morgan fingerprint density at radius 1 is 1.11 bits per heavy atom. The fraction of sp³-hybridized carbons (Fsp3) is 0.316. The molecule has 4 rings (SSSR count). The van der Waals surface area contributed by atoms with E-state index in [-0.39, 0.29) is 6.03 Å². The van der Waals surface area contributed by atoms with E-state index in [1.54, 1.807) is 23.8 Å². The Bertz CT molecular complexity index is 1010. The minimum atomic E-state index is -0.140. The maximum Gasteiger partial charge on any atom is 0.322 e. The summed E-state index contributed by atoms with van der Waals surface area (Å²) < 4.78 is 12.4. The number of carbonyl (C=O) groups is 1. The van der Waals surface area contributed by atoms with Gasteiger partial charge in [-0.1, -0.05) is 5.21 Å². The highest BCUT2D eigenvalue weighted by molar-refractivity contribution is 5.92. The molecular weight excluding hydrogens is 346 g/mol. The van der Waals surface area contributed by atoms with Gasteiger partial charge in [0.25, 0.3) is 0 Å². The third-order valence-electron chi connectivity index (χ3n) is 4.87. The Morgan fingerprint density at radius 2 is 1.85 bits per heavy atom. The third-order valence-corrected chi connectivity index (χ3v) is 4.87. The van der Waals surface area contributed by atoms with Crippen molar-refractivity contribution in [1.82, 2.24) is 19.9 Å². The van der Waals surface area contributed by atoms with Crippen molar-refractivity contribution in [3.05, 3.63) is 41.5 Å². The number of hydrogen-bond donors (Lipinski definition) is 1. The van der Waals surface area contributed by atoms with Crippen LogP contribution >= 0.6 is 0 Å². The molecule has 140 valence electrons. The highest BCUT2D eigenvalue weighted by Gasteiger charge is 2.23. The summed E-state index contributed by atoms with van der Waals surface area (Å²) in [7, 11) is 5.07. The molecule has 2 amide bonds. The van der Waals surface area contributed by atoms with Crippen LogP contribution in [0.25, 0.3) is 11.0 Å². The van der Waals surface area contributed by atoms with Crippen LogP contribution in [0.15, 0.2) is 30.3 Å². The number of ether oxygens (including phenoxy) is 2. The third kappa shape index (κ3) is 3.14. The lowest BCUT2D eigenvalue weighted by molar-refractivity contribution is 0.206. The molecule has 8 heteroatoms. The zero-order valence-corrected chi connectivity index (χ0v) is 15.5. The molecule has 8 nitrogen and oxygen atoms in total. The van der Waals surface area contributed by atoms with Gasteiger partial charge in [0.05, 0.1) is 19.7 Å². The summed E-state index contributed by atoms with van der Waals surface area (Å²) in [6, 6.07) is 9.37. The van der Waals surface area contributed by atoms with Crippen molar-refractivity contribution >= 4 is 22.8 Å². The summed E-state index contributed by atoms with van der Waals surface area (Å²) in [6.45, 7) is 1.16. The Balaban J connectivity index is 1.51. The summed E-state index contributed by atoms with van der Waals surface area (Å²) >= 11 is 0. The topological polar surface area (TPSA) is 81.5 Å². The van der Waals surface area contributed by atoms with E-state index < -0.39 is 0 Å². The first-order valence-electron chi connectivity index (χ1n) is 8.68. The van der Waals surface area contributed by atoms with Gasteiger partial charge < -0.3 is 19.7 Å². The van der Waals surface area contributed by atoms with E-state index in [4.69, 9.17) is 9.47 Å². The van der Waals surface area contributed by atoms with Crippen LogP contribution in [-0.2, 0) is 20.0 Å². The molecule has 2 heterocycles. The second kappa shape index (κ2) is 6.79. The van der Waals surface area contributed by atoms with Crippen molar-refractivity contribution in [2.75, 3.05) is 26.1 Å². The summed E-state index contributed by atoms with van der Waals surface area (Å²) in [5.41, 5.74) is 4.61. The number of anilines is 1. The molecule has 0 fully saturated rings. The number of amides is 2. The molecule has 2 aromatic carbocycles. The predicted molar refractivity (Wildman–Crippen MR) is 101 cm³/mol.